The number of benzene rings is 1. The fourth-order valence-corrected chi connectivity index (χ4v) is 3.62. The smallest absolute Gasteiger partial charge is 0.00928 e. The second-order valence-electron chi connectivity index (χ2n) is 6.33. The molecule has 0 heterocycles. The van der Waals surface area contributed by atoms with Gasteiger partial charge in [0.2, 0.25) is 0 Å². The number of hydrogen-bond donors (Lipinski definition) is 1. The van der Waals surface area contributed by atoms with Gasteiger partial charge in [0.15, 0.2) is 0 Å². The molecule has 0 aliphatic heterocycles. The molecule has 1 fully saturated rings. The molecule has 1 aliphatic rings. The summed E-state index contributed by atoms with van der Waals surface area (Å²) < 4.78 is 0. The Labute approximate surface area is 118 Å². The van der Waals surface area contributed by atoms with Crippen LogP contribution in [-0.2, 0) is 0 Å². The molecule has 0 spiro atoms. The van der Waals surface area contributed by atoms with Crippen molar-refractivity contribution in [1.82, 2.24) is 5.32 Å². The Hall–Kier alpha value is -0.820. The van der Waals surface area contributed by atoms with Crippen molar-refractivity contribution < 1.29 is 0 Å². The maximum Gasteiger partial charge on any atom is 0.00928 e. The first-order valence-electron chi connectivity index (χ1n) is 7.96. The van der Waals surface area contributed by atoms with E-state index in [1.165, 1.54) is 32.1 Å². The molecule has 2 rings (SSSR count). The van der Waals surface area contributed by atoms with Crippen LogP contribution in [0.3, 0.4) is 0 Å². The molecule has 1 saturated carbocycles. The second kappa shape index (κ2) is 7.09. The summed E-state index contributed by atoms with van der Waals surface area (Å²) in [6, 6.07) is 11.8. The Bertz CT molecular complexity index is 359. The highest BCUT2D eigenvalue weighted by atomic mass is 14.9. The summed E-state index contributed by atoms with van der Waals surface area (Å²) >= 11 is 0. The lowest BCUT2D eigenvalue weighted by atomic mass is 9.72. The molecular formula is C18H29N. The van der Waals surface area contributed by atoms with E-state index < -0.39 is 0 Å². The molecule has 0 amide bonds. The summed E-state index contributed by atoms with van der Waals surface area (Å²) in [4.78, 5) is 0. The first kappa shape index (κ1) is 14.6. The van der Waals surface area contributed by atoms with Crippen molar-refractivity contribution in [3.8, 4) is 0 Å². The molecule has 1 aromatic carbocycles. The monoisotopic (exact) mass is 259 g/mol. The van der Waals surface area contributed by atoms with Crippen LogP contribution in [0.2, 0.25) is 0 Å². The maximum atomic E-state index is 3.56. The van der Waals surface area contributed by atoms with Gasteiger partial charge in [-0.3, -0.25) is 0 Å². The van der Waals surface area contributed by atoms with Crippen molar-refractivity contribution in [2.45, 2.75) is 57.9 Å². The van der Waals surface area contributed by atoms with Gasteiger partial charge in [0.1, 0.15) is 0 Å². The summed E-state index contributed by atoms with van der Waals surface area (Å²) in [5, 5.41) is 3.56. The molecule has 106 valence electrons. The van der Waals surface area contributed by atoms with Crippen molar-refractivity contribution >= 4 is 0 Å². The van der Waals surface area contributed by atoms with Gasteiger partial charge in [-0.1, -0.05) is 50.6 Å². The summed E-state index contributed by atoms with van der Waals surface area (Å²) in [5.41, 5.74) is 1.55. The third-order valence-corrected chi connectivity index (χ3v) is 5.03. The van der Waals surface area contributed by atoms with Gasteiger partial charge in [0.25, 0.3) is 0 Å². The van der Waals surface area contributed by atoms with E-state index in [0.717, 1.165) is 23.8 Å². The highest BCUT2D eigenvalue weighted by molar-refractivity contribution is 5.20. The minimum Gasteiger partial charge on any atom is -0.317 e. The van der Waals surface area contributed by atoms with E-state index in [1.807, 2.05) is 0 Å². The van der Waals surface area contributed by atoms with E-state index in [9.17, 15) is 0 Å². The zero-order chi connectivity index (χ0) is 13.7. The minimum atomic E-state index is 0.731. The Morgan fingerprint density at radius 1 is 1.21 bits per heavy atom. The molecule has 19 heavy (non-hydrogen) atoms. The highest BCUT2D eigenvalue weighted by Crippen LogP contribution is 2.39. The second-order valence-corrected chi connectivity index (χ2v) is 6.33. The zero-order valence-electron chi connectivity index (χ0n) is 12.7. The predicted octanol–water partition coefficient (Wildman–Crippen LogP) is 4.59. The van der Waals surface area contributed by atoms with Crippen molar-refractivity contribution in [1.29, 1.82) is 0 Å². The van der Waals surface area contributed by atoms with Gasteiger partial charge in [-0.25, -0.2) is 0 Å². The van der Waals surface area contributed by atoms with Gasteiger partial charge in [0, 0.05) is 6.04 Å². The van der Waals surface area contributed by atoms with Gasteiger partial charge in [-0.15, -0.1) is 0 Å². The molecule has 1 aliphatic carbocycles. The third kappa shape index (κ3) is 3.82. The zero-order valence-corrected chi connectivity index (χ0v) is 12.7. The number of hydrogen-bond acceptors (Lipinski definition) is 1. The fraction of sp³-hybridized carbons (Fsp3) is 0.667. The number of rotatable bonds is 5. The predicted molar refractivity (Wildman–Crippen MR) is 83.4 cm³/mol. The van der Waals surface area contributed by atoms with Gasteiger partial charge in [0.05, 0.1) is 0 Å². The molecule has 4 atom stereocenters. The molecule has 1 nitrogen and oxygen atoms in total. The van der Waals surface area contributed by atoms with Crippen LogP contribution >= 0.6 is 0 Å². The van der Waals surface area contributed by atoms with Crippen molar-refractivity contribution in [2.24, 2.45) is 11.8 Å². The van der Waals surface area contributed by atoms with Gasteiger partial charge in [-0.2, -0.15) is 0 Å². The van der Waals surface area contributed by atoms with E-state index in [1.54, 1.807) is 5.56 Å². The molecule has 4 unspecified atom stereocenters. The molecule has 1 heteroatoms. The summed E-state index contributed by atoms with van der Waals surface area (Å²) in [7, 11) is 2.14. The van der Waals surface area contributed by atoms with E-state index in [-0.39, 0.29) is 0 Å². The van der Waals surface area contributed by atoms with Crippen LogP contribution in [-0.4, -0.2) is 13.1 Å². The van der Waals surface area contributed by atoms with Crippen LogP contribution in [0.5, 0.6) is 0 Å². The first-order valence-corrected chi connectivity index (χ1v) is 7.96. The minimum absolute atomic E-state index is 0.731. The van der Waals surface area contributed by atoms with Gasteiger partial charge < -0.3 is 5.32 Å². The van der Waals surface area contributed by atoms with Crippen LogP contribution in [0.25, 0.3) is 0 Å². The Kier molecular flexibility index (Phi) is 5.45. The lowest BCUT2D eigenvalue weighted by Gasteiger charge is -2.37. The van der Waals surface area contributed by atoms with E-state index in [4.69, 9.17) is 0 Å². The first-order chi connectivity index (χ1) is 9.24. The third-order valence-electron chi connectivity index (χ3n) is 5.03. The normalized spacial score (nSPS) is 29.1. The van der Waals surface area contributed by atoms with Crippen LogP contribution in [0.4, 0.5) is 0 Å². The quantitative estimate of drug-likeness (QED) is 0.815. The maximum absolute atomic E-state index is 3.56. The lowest BCUT2D eigenvalue weighted by molar-refractivity contribution is 0.212. The van der Waals surface area contributed by atoms with E-state index in [2.05, 4.69) is 56.5 Å². The standard InChI is InChI=1S/C18H29N/c1-4-14(2)12-17-13-16(10-11-18(17)19-3)15-8-6-5-7-9-15/h5-9,14,16-19H,4,10-13H2,1-3H3. The average Bonchev–Trinajstić information content (AvgIpc) is 2.48. The van der Waals surface area contributed by atoms with Gasteiger partial charge >= 0.3 is 0 Å². The van der Waals surface area contributed by atoms with Crippen LogP contribution in [0.15, 0.2) is 30.3 Å². The fourth-order valence-electron chi connectivity index (χ4n) is 3.62. The molecule has 0 saturated heterocycles. The summed E-state index contributed by atoms with van der Waals surface area (Å²) in [5.74, 6) is 2.48. The molecule has 0 radical (unpaired) electrons. The molecule has 0 bridgehead atoms. The lowest BCUT2D eigenvalue weighted by Crippen LogP contribution is -2.38. The van der Waals surface area contributed by atoms with Gasteiger partial charge in [-0.05, 0) is 56.0 Å². The van der Waals surface area contributed by atoms with Crippen molar-refractivity contribution in [2.75, 3.05) is 7.05 Å². The molecule has 1 aromatic rings. The highest BCUT2D eigenvalue weighted by Gasteiger charge is 2.30. The van der Waals surface area contributed by atoms with Crippen molar-refractivity contribution in [3.63, 3.8) is 0 Å². The SMILES string of the molecule is CCC(C)CC1CC(c2ccccc2)CCC1NC. The Morgan fingerprint density at radius 3 is 2.58 bits per heavy atom. The molecule has 1 N–H and O–H groups in total. The molecule has 0 aromatic heterocycles. The molecular weight excluding hydrogens is 230 g/mol. The Balaban J connectivity index is 2.03. The summed E-state index contributed by atoms with van der Waals surface area (Å²) in [6.07, 6.45) is 6.72. The van der Waals surface area contributed by atoms with E-state index >= 15 is 0 Å². The van der Waals surface area contributed by atoms with E-state index in [0.29, 0.717) is 0 Å². The van der Waals surface area contributed by atoms with Crippen LogP contribution < -0.4 is 5.32 Å². The van der Waals surface area contributed by atoms with Crippen LogP contribution in [0, 0.1) is 11.8 Å². The van der Waals surface area contributed by atoms with Crippen molar-refractivity contribution in [3.05, 3.63) is 35.9 Å². The Morgan fingerprint density at radius 2 is 1.95 bits per heavy atom. The average molecular weight is 259 g/mol. The topological polar surface area (TPSA) is 12.0 Å². The van der Waals surface area contributed by atoms with Crippen LogP contribution in [0.1, 0.15) is 57.4 Å². The summed E-state index contributed by atoms with van der Waals surface area (Å²) in [6.45, 7) is 4.72. The largest absolute Gasteiger partial charge is 0.317 e. The number of nitrogens with one attached hydrogen (secondary N) is 1.